The summed E-state index contributed by atoms with van der Waals surface area (Å²) in [4.78, 5) is 12.3. The van der Waals surface area contributed by atoms with Crippen molar-refractivity contribution < 1.29 is 9.53 Å². The number of carbonyl (C=O) groups is 1. The fourth-order valence-electron chi connectivity index (χ4n) is 1.60. The Morgan fingerprint density at radius 3 is 3.00 bits per heavy atom. The molecule has 2 heterocycles. The van der Waals surface area contributed by atoms with Gasteiger partial charge in [0.15, 0.2) is 5.78 Å². The van der Waals surface area contributed by atoms with Gasteiger partial charge in [-0.3, -0.25) is 4.79 Å². The van der Waals surface area contributed by atoms with Crippen molar-refractivity contribution in [3.63, 3.8) is 0 Å². The number of hydrogen-bond donors (Lipinski definition) is 0. The maximum atomic E-state index is 11.7. The van der Waals surface area contributed by atoms with Crippen LogP contribution in [-0.2, 0) is 4.74 Å². The van der Waals surface area contributed by atoms with E-state index in [2.05, 4.69) is 9.59 Å². The van der Waals surface area contributed by atoms with Gasteiger partial charge >= 0.3 is 0 Å². The van der Waals surface area contributed by atoms with Gasteiger partial charge in [0, 0.05) is 19.6 Å². The van der Waals surface area contributed by atoms with Crippen LogP contribution >= 0.6 is 11.5 Å². The Balaban J connectivity index is 1.87. The van der Waals surface area contributed by atoms with E-state index in [-0.39, 0.29) is 5.78 Å². The minimum atomic E-state index is 0.173. The summed E-state index contributed by atoms with van der Waals surface area (Å²) in [5.74, 6) is 0.658. The van der Waals surface area contributed by atoms with Gasteiger partial charge in [0.25, 0.3) is 0 Å². The zero-order valence-electron chi connectivity index (χ0n) is 7.81. The molecule has 76 valence electrons. The molecule has 0 atom stereocenters. The van der Waals surface area contributed by atoms with E-state index in [9.17, 15) is 4.79 Å². The first kappa shape index (κ1) is 9.73. The van der Waals surface area contributed by atoms with E-state index < -0.39 is 0 Å². The fraction of sp³-hybridized carbons (Fsp3) is 0.667. The molecule has 0 amide bonds. The molecule has 0 radical (unpaired) electrons. The predicted octanol–water partition coefficient (Wildman–Crippen LogP) is 1.54. The van der Waals surface area contributed by atoms with Gasteiger partial charge in [0.2, 0.25) is 0 Å². The lowest BCUT2D eigenvalue weighted by Gasteiger charge is -2.20. The van der Waals surface area contributed by atoms with Gasteiger partial charge in [0.05, 0.1) is 6.20 Å². The topological polar surface area (TPSA) is 52.1 Å². The van der Waals surface area contributed by atoms with E-state index in [1.54, 1.807) is 6.20 Å². The Labute approximate surface area is 86.4 Å². The molecule has 0 saturated carbocycles. The van der Waals surface area contributed by atoms with Gasteiger partial charge in [-0.1, -0.05) is 4.49 Å². The molecule has 1 aliphatic heterocycles. The van der Waals surface area contributed by atoms with Crippen LogP contribution in [0.3, 0.4) is 0 Å². The average Bonchev–Trinajstić information content (AvgIpc) is 2.72. The zero-order valence-corrected chi connectivity index (χ0v) is 8.63. The number of Topliss-reactive ketones (excluding diaryl/α,β-unsaturated/α-hetero) is 1. The summed E-state index contributed by atoms with van der Waals surface area (Å²) in [6.07, 6.45) is 4.16. The monoisotopic (exact) mass is 212 g/mol. The van der Waals surface area contributed by atoms with Gasteiger partial charge in [-0.25, -0.2) is 0 Å². The third kappa shape index (κ3) is 2.36. The Morgan fingerprint density at radius 2 is 2.36 bits per heavy atom. The quantitative estimate of drug-likeness (QED) is 0.713. The highest BCUT2D eigenvalue weighted by atomic mass is 32.1. The highest BCUT2D eigenvalue weighted by Crippen LogP contribution is 2.21. The summed E-state index contributed by atoms with van der Waals surface area (Å²) < 4.78 is 8.92. The largest absolute Gasteiger partial charge is 0.381 e. The molecule has 1 aromatic heterocycles. The molecule has 14 heavy (non-hydrogen) atoms. The van der Waals surface area contributed by atoms with Gasteiger partial charge in [-0.15, -0.1) is 5.10 Å². The summed E-state index contributed by atoms with van der Waals surface area (Å²) >= 11 is 1.18. The molecule has 1 aromatic rings. The molecule has 0 unspecified atom stereocenters. The number of rotatable bonds is 3. The molecule has 0 bridgehead atoms. The molecule has 1 fully saturated rings. The van der Waals surface area contributed by atoms with Crippen LogP contribution in [0, 0.1) is 5.92 Å². The normalized spacial score (nSPS) is 18.3. The lowest BCUT2D eigenvalue weighted by Crippen LogP contribution is -2.18. The highest BCUT2D eigenvalue weighted by molar-refractivity contribution is 7.07. The molecule has 0 aliphatic carbocycles. The lowest BCUT2D eigenvalue weighted by molar-refractivity contribution is 0.0602. The summed E-state index contributed by atoms with van der Waals surface area (Å²) in [7, 11) is 0. The second-order valence-corrected chi connectivity index (χ2v) is 4.25. The average molecular weight is 212 g/mol. The van der Waals surface area contributed by atoms with E-state index in [1.165, 1.54) is 11.5 Å². The van der Waals surface area contributed by atoms with E-state index >= 15 is 0 Å². The number of ether oxygens (including phenoxy) is 1. The number of carbonyl (C=O) groups excluding carboxylic acids is 1. The Bertz CT molecular complexity index is 294. The minimum absolute atomic E-state index is 0.173. The molecule has 5 heteroatoms. The number of aromatic nitrogens is 2. The lowest BCUT2D eigenvalue weighted by atomic mass is 9.94. The number of nitrogens with zero attached hydrogens (tertiary/aromatic N) is 2. The smallest absolute Gasteiger partial charge is 0.176 e. The van der Waals surface area contributed by atoms with Crippen LogP contribution in [0.2, 0.25) is 0 Å². The Hall–Kier alpha value is -0.810. The molecule has 0 aromatic carbocycles. The van der Waals surface area contributed by atoms with Crippen molar-refractivity contribution in [2.24, 2.45) is 5.92 Å². The Kier molecular flexibility index (Phi) is 3.21. The van der Waals surface area contributed by atoms with Crippen molar-refractivity contribution in [2.45, 2.75) is 19.3 Å². The van der Waals surface area contributed by atoms with Crippen molar-refractivity contribution in [2.75, 3.05) is 13.2 Å². The molecule has 0 N–H and O–H groups in total. The SMILES string of the molecule is O=C(CC1CCOCC1)c1cnns1. The van der Waals surface area contributed by atoms with Crippen LogP contribution in [0.25, 0.3) is 0 Å². The maximum absolute atomic E-state index is 11.7. The summed E-state index contributed by atoms with van der Waals surface area (Å²) in [6.45, 7) is 1.58. The zero-order chi connectivity index (χ0) is 9.80. The summed E-state index contributed by atoms with van der Waals surface area (Å²) in [5, 5.41) is 3.66. The second-order valence-electron chi connectivity index (χ2n) is 3.46. The minimum Gasteiger partial charge on any atom is -0.381 e. The molecule has 0 spiro atoms. The van der Waals surface area contributed by atoms with Crippen LogP contribution < -0.4 is 0 Å². The van der Waals surface area contributed by atoms with Crippen molar-refractivity contribution in [1.82, 2.24) is 9.59 Å². The van der Waals surface area contributed by atoms with Crippen molar-refractivity contribution in [3.05, 3.63) is 11.1 Å². The molecule has 2 rings (SSSR count). The third-order valence-corrected chi connectivity index (χ3v) is 3.16. The number of ketones is 1. The van der Waals surface area contributed by atoms with E-state index in [0.717, 1.165) is 26.1 Å². The van der Waals surface area contributed by atoms with Crippen molar-refractivity contribution in [3.8, 4) is 0 Å². The van der Waals surface area contributed by atoms with Crippen molar-refractivity contribution in [1.29, 1.82) is 0 Å². The molecule has 1 aliphatic rings. The van der Waals surface area contributed by atoms with E-state index in [4.69, 9.17) is 4.74 Å². The molecule has 4 nitrogen and oxygen atoms in total. The standard InChI is InChI=1S/C9H12N2O2S/c12-8(9-6-10-11-14-9)5-7-1-3-13-4-2-7/h6-7H,1-5H2. The van der Waals surface area contributed by atoms with Crippen LogP contribution in [-0.4, -0.2) is 28.6 Å². The maximum Gasteiger partial charge on any atom is 0.176 e. The third-order valence-electron chi connectivity index (χ3n) is 2.45. The van der Waals surface area contributed by atoms with Crippen LogP contribution in [0.1, 0.15) is 28.9 Å². The summed E-state index contributed by atoms with van der Waals surface area (Å²) in [5.41, 5.74) is 0. The van der Waals surface area contributed by atoms with Gasteiger partial charge in [-0.05, 0) is 30.3 Å². The van der Waals surface area contributed by atoms with Crippen LogP contribution in [0.4, 0.5) is 0 Å². The number of hydrogen-bond acceptors (Lipinski definition) is 5. The molecule has 1 saturated heterocycles. The van der Waals surface area contributed by atoms with Crippen LogP contribution in [0.5, 0.6) is 0 Å². The van der Waals surface area contributed by atoms with Gasteiger partial charge in [0.1, 0.15) is 4.88 Å². The first-order valence-corrected chi connectivity index (χ1v) is 5.52. The van der Waals surface area contributed by atoms with E-state index in [0.29, 0.717) is 17.2 Å². The van der Waals surface area contributed by atoms with Gasteiger partial charge < -0.3 is 4.74 Å². The fourth-order valence-corrected chi connectivity index (χ4v) is 2.07. The molecular weight excluding hydrogens is 200 g/mol. The second kappa shape index (κ2) is 4.61. The Morgan fingerprint density at radius 1 is 1.57 bits per heavy atom. The molecular formula is C9H12N2O2S. The van der Waals surface area contributed by atoms with E-state index in [1.807, 2.05) is 0 Å². The first-order chi connectivity index (χ1) is 6.86. The van der Waals surface area contributed by atoms with Crippen LogP contribution in [0.15, 0.2) is 6.20 Å². The first-order valence-electron chi connectivity index (χ1n) is 4.74. The van der Waals surface area contributed by atoms with Crippen molar-refractivity contribution >= 4 is 17.3 Å². The summed E-state index contributed by atoms with van der Waals surface area (Å²) in [6, 6.07) is 0. The predicted molar refractivity (Wildman–Crippen MR) is 52.4 cm³/mol. The highest BCUT2D eigenvalue weighted by Gasteiger charge is 2.19. The van der Waals surface area contributed by atoms with Gasteiger partial charge in [-0.2, -0.15) is 0 Å².